The number of nitrogens with zero attached hydrogens (tertiary/aromatic N) is 2. The molecule has 1 aliphatic rings. The Morgan fingerprint density at radius 1 is 1.27 bits per heavy atom. The van der Waals surface area contributed by atoms with Crippen LogP contribution in [0.3, 0.4) is 0 Å². The van der Waals surface area contributed by atoms with Gasteiger partial charge in [-0.1, -0.05) is 18.2 Å². The Labute approximate surface area is 163 Å². The van der Waals surface area contributed by atoms with Crippen LogP contribution >= 0.6 is 27.3 Å². The van der Waals surface area contributed by atoms with Gasteiger partial charge in [-0.25, -0.2) is 4.79 Å². The third-order valence-corrected chi connectivity index (χ3v) is 5.83. The molecule has 8 heteroatoms. The molecule has 1 aromatic carbocycles. The number of halogens is 1. The standard InChI is InChI=1S/C18H17BrN2O4S/c1-20(17(23)14-7-8-15(19)26-14)10-16(22)21-12-6-4-3-5-11(12)9-13(21)18(24)25-2/h3-8,13H,9-10H2,1-2H3. The minimum Gasteiger partial charge on any atom is -0.467 e. The van der Waals surface area contributed by atoms with E-state index < -0.39 is 12.0 Å². The molecule has 1 unspecified atom stereocenters. The van der Waals surface area contributed by atoms with Crippen molar-refractivity contribution in [3.05, 3.63) is 50.6 Å². The lowest BCUT2D eigenvalue weighted by atomic mass is 10.1. The highest BCUT2D eigenvalue weighted by molar-refractivity contribution is 9.11. The van der Waals surface area contributed by atoms with Crippen molar-refractivity contribution < 1.29 is 19.1 Å². The first-order valence-electron chi connectivity index (χ1n) is 7.91. The van der Waals surface area contributed by atoms with Crippen molar-refractivity contribution in [1.82, 2.24) is 4.90 Å². The average molecular weight is 437 g/mol. The normalized spacial score (nSPS) is 15.5. The lowest BCUT2D eigenvalue weighted by Crippen LogP contribution is -2.48. The number of thiophene rings is 1. The number of para-hydroxylation sites is 1. The monoisotopic (exact) mass is 436 g/mol. The highest BCUT2D eigenvalue weighted by Crippen LogP contribution is 2.33. The predicted molar refractivity (Wildman–Crippen MR) is 102 cm³/mol. The summed E-state index contributed by atoms with van der Waals surface area (Å²) in [6, 6.07) is 10.2. The molecule has 6 nitrogen and oxygen atoms in total. The van der Waals surface area contributed by atoms with E-state index in [1.807, 2.05) is 18.2 Å². The number of esters is 1. The van der Waals surface area contributed by atoms with Gasteiger partial charge >= 0.3 is 5.97 Å². The summed E-state index contributed by atoms with van der Waals surface area (Å²) in [5, 5.41) is 0. The van der Waals surface area contributed by atoms with Gasteiger partial charge in [0, 0.05) is 19.2 Å². The van der Waals surface area contributed by atoms with E-state index in [0.29, 0.717) is 17.0 Å². The van der Waals surface area contributed by atoms with Gasteiger partial charge in [0.2, 0.25) is 5.91 Å². The maximum atomic E-state index is 12.9. The van der Waals surface area contributed by atoms with Gasteiger partial charge in [-0.05, 0) is 39.7 Å². The summed E-state index contributed by atoms with van der Waals surface area (Å²) >= 11 is 4.63. The number of hydrogen-bond acceptors (Lipinski definition) is 5. The topological polar surface area (TPSA) is 66.9 Å². The highest BCUT2D eigenvalue weighted by Gasteiger charge is 2.39. The zero-order valence-electron chi connectivity index (χ0n) is 14.3. The van der Waals surface area contributed by atoms with Crippen LogP contribution in [0.4, 0.5) is 5.69 Å². The largest absolute Gasteiger partial charge is 0.467 e. The number of anilines is 1. The summed E-state index contributed by atoms with van der Waals surface area (Å²) in [5.41, 5.74) is 1.60. The number of fused-ring (bicyclic) bond motifs is 1. The minimum absolute atomic E-state index is 0.129. The Hall–Kier alpha value is -2.19. The zero-order valence-corrected chi connectivity index (χ0v) is 16.7. The van der Waals surface area contributed by atoms with E-state index in [4.69, 9.17) is 4.74 Å². The van der Waals surface area contributed by atoms with Gasteiger partial charge in [0.25, 0.3) is 5.91 Å². The highest BCUT2D eigenvalue weighted by atomic mass is 79.9. The van der Waals surface area contributed by atoms with Crippen LogP contribution in [-0.2, 0) is 20.7 Å². The molecule has 1 atom stereocenters. The number of ether oxygens (including phenoxy) is 1. The molecule has 1 aliphatic heterocycles. The number of rotatable bonds is 4. The van der Waals surface area contributed by atoms with Crippen LogP contribution in [0.25, 0.3) is 0 Å². The molecule has 136 valence electrons. The van der Waals surface area contributed by atoms with Gasteiger partial charge in [-0.3, -0.25) is 14.5 Å². The van der Waals surface area contributed by atoms with Crippen molar-refractivity contribution in [2.24, 2.45) is 0 Å². The Balaban J connectivity index is 1.80. The van der Waals surface area contributed by atoms with Crippen LogP contribution in [0.1, 0.15) is 15.2 Å². The van der Waals surface area contributed by atoms with Gasteiger partial charge < -0.3 is 9.64 Å². The number of carbonyl (C=O) groups excluding carboxylic acids is 3. The number of hydrogen-bond donors (Lipinski definition) is 0. The van der Waals surface area contributed by atoms with E-state index in [2.05, 4.69) is 15.9 Å². The van der Waals surface area contributed by atoms with Crippen LogP contribution in [0.5, 0.6) is 0 Å². The summed E-state index contributed by atoms with van der Waals surface area (Å²) < 4.78 is 5.70. The number of benzene rings is 1. The maximum absolute atomic E-state index is 12.9. The molecule has 0 radical (unpaired) electrons. The summed E-state index contributed by atoms with van der Waals surface area (Å²) in [6.45, 7) is -0.129. The van der Waals surface area contributed by atoms with Gasteiger partial charge in [-0.15, -0.1) is 11.3 Å². The van der Waals surface area contributed by atoms with Crippen LogP contribution in [0.2, 0.25) is 0 Å². The minimum atomic E-state index is -0.704. The SMILES string of the molecule is COC(=O)C1Cc2ccccc2N1C(=O)CN(C)C(=O)c1ccc(Br)s1. The average Bonchev–Trinajstić information content (AvgIpc) is 3.23. The lowest BCUT2D eigenvalue weighted by Gasteiger charge is -2.26. The molecule has 0 N–H and O–H groups in total. The molecule has 1 aromatic heterocycles. The van der Waals surface area contributed by atoms with Gasteiger partial charge in [0.05, 0.1) is 15.8 Å². The molecule has 2 aromatic rings. The first-order chi connectivity index (χ1) is 12.4. The van der Waals surface area contributed by atoms with Crippen LogP contribution in [-0.4, -0.2) is 49.4 Å². The number of methoxy groups -OCH3 is 1. The molecule has 0 saturated carbocycles. The molecule has 3 rings (SSSR count). The smallest absolute Gasteiger partial charge is 0.329 e. The van der Waals surface area contributed by atoms with Crippen LogP contribution in [0.15, 0.2) is 40.2 Å². The second kappa shape index (κ2) is 7.59. The van der Waals surface area contributed by atoms with E-state index >= 15 is 0 Å². The third-order valence-electron chi connectivity index (χ3n) is 4.22. The maximum Gasteiger partial charge on any atom is 0.329 e. The fourth-order valence-corrected chi connectivity index (χ4v) is 4.37. The molecular formula is C18H17BrN2O4S. The molecule has 0 spiro atoms. The van der Waals surface area contributed by atoms with Crippen molar-refractivity contribution in [3.8, 4) is 0 Å². The third kappa shape index (κ3) is 3.52. The molecule has 2 amide bonds. The molecule has 0 bridgehead atoms. The molecule has 26 heavy (non-hydrogen) atoms. The Morgan fingerprint density at radius 3 is 2.65 bits per heavy atom. The molecule has 0 fully saturated rings. The summed E-state index contributed by atoms with van der Waals surface area (Å²) in [5.74, 6) is -1.03. The lowest BCUT2D eigenvalue weighted by molar-refractivity contribution is -0.143. The van der Waals surface area contributed by atoms with Crippen molar-refractivity contribution >= 4 is 50.7 Å². The Kier molecular flexibility index (Phi) is 5.43. The van der Waals surface area contributed by atoms with E-state index in [9.17, 15) is 14.4 Å². The molecule has 0 saturated heterocycles. The van der Waals surface area contributed by atoms with Crippen LogP contribution in [0, 0.1) is 0 Å². The summed E-state index contributed by atoms with van der Waals surface area (Å²) in [4.78, 5) is 40.9. The van der Waals surface area contributed by atoms with E-state index in [-0.39, 0.29) is 18.4 Å². The Morgan fingerprint density at radius 2 is 2.00 bits per heavy atom. The predicted octanol–water partition coefficient (Wildman–Crippen LogP) is 2.71. The van der Waals surface area contributed by atoms with Crippen LogP contribution < -0.4 is 4.90 Å². The summed E-state index contributed by atoms with van der Waals surface area (Å²) in [6.07, 6.45) is 0.407. The van der Waals surface area contributed by atoms with Crippen molar-refractivity contribution in [2.45, 2.75) is 12.5 Å². The first kappa shape index (κ1) is 18.6. The molecular weight excluding hydrogens is 420 g/mol. The van der Waals surface area contributed by atoms with E-state index in [1.54, 1.807) is 25.2 Å². The van der Waals surface area contributed by atoms with Gasteiger partial charge in [0.15, 0.2) is 0 Å². The summed E-state index contributed by atoms with van der Waals surface area (Å²) in [7, 11) is 2.88. The quantitative estimate of drug-likeness (QED) is 0.690. The second-order valence-corrected chi connectivity index (χ2v) is 8.36. The first-order valence-corrected chi connectivity index (χ1v) is 9.52. The van der Waals surface area contributed by atoms with E-state index in [0.717, 1.165) is 9.35 Å². The fourth-order valence-electron chi connectivity index (χ4n) is 2.99. The van der Waals surface area contributed by atoms with Gasteiger partial charge in [-0.2, -0.15) is 0 Å². The second-order valence-electron chi connectivity index (χ2n) is 5.90. The molecule has 2 heterocycles. The van der Waals surface area contributed by atoms with Crippen molar-refractivity contribution in [1.29, 1.82) is 0 Å². The van der Waals surface area contributed by atoms with Crippen molar-refractivity contribution in [2.75, 3.05) is 25.6 Å². The number of likely N-dealkylation sites (N-methyl/N-ethyl adjacent to an activating group) is 1. The van der Waals surface area contributed by atoms with E-state index in [1.165, 1.54) is 28.2 Å². The van der Waals surface area contributed by atoms with Crippen molar-refractivity contribution in [3.63, 3.8) is 0 Å². The fraction of sp³-hybridized carbons (Fsp3) is 0.278. The number of carbonyl (C=O) groups is 3. The zero-order chi connectivity index (χ0) is 18.8. The van der Waals surface area contributed by atoms with Gasteiger partial charge in [0.1, 0.15) is 12.6 Å². The Bertz CT molecular complexity index is 866. The number of amides is 2. The molecule has 0 aliphatic carbocycles.